The van der Waals surface area contributed by atoms with E-state index >= 15 is 0 Å². The lowest BCUT2D eigenvalue weighted by Gasteiger charge is -2.30. The predicted molar refractivity (Wildman–Crippen MR) is 118 cm³/mol. The van der Waals surface area contributed by atoms with Gasteiger partial charge in [-0.3, -0.25) is 14.7 Å². The Bertz CT molecular complexity index is 1080. The molecule has 0 bridgehead atoms. The van der Waals surface area contributed by atoms with Crippen molar-refractivity contribution in [1.82, 2.24) is 9.88 Å². The van der Waals surface area contributed by atoms with Gasteiger partial charge in [0.15, 0.2) is 5.41 Å². The molecule has 0 spiro atoms. The van der Waals surface area contributed by atoms with Gasteiger partial charge in [0, 0.05) is 31.0 Å². The molecule has 1 aliphatic rings. The van der Waals surface area contributed by atoms with E-state index < -0.39 is 17.5 Å². The minimum Gasteiger partial charge on any atom is -0.487 e. The van der Waals surface area contributed by atoms with Gasteiger partial charge in [-0.2, -0.15) is 13.2 Å². The second kappa shape index (κ2) is 9.62. The van der Waals surface area contributed by atoms with E-state index in [1.165, 1.54) is 6.07 Å². The second-order valence-corrected chi connectivity index (χ2v) is 8.12. The van der Waals surface area contributed by atoms with Crippen molar-refractivity contribution in [3.05, 3.63) is 90.3 Å². The van der Waals surface area contributed by atoms with Crippen molar-refractivity contribution in [1.29, 1.82) is 0 Å². The number of amides is 1. The molecule has 1 aromatic heterocycles. The number of benzene rings is 2. The number of nitrogens with one attached hydrogen (secondary N) is 1. The summed E-state index contributed by atoms with van der Waals surface area (Å²) in [5, 5.41) is 2.47. The minimum absolute atomic E-state index is 0.190. The molecule has 1 saturated heterocycles. The van der Waals surface area contributed by atoms with Crippen LogP contribution in [0, 0.1) is 5.41 Å². The molecule has 33 heavy (non-hydrogen) atoms. The van der Waals surface area contributed by atoms with E-state index in [9.17, 15) is 18.0 Å². The molecule has 3 aromatic rings. The number of nitrogens with zero attached hydrogens (tertiary/aromatic N) is 2. The number of carbonyl (C=O) groups excluding carboxylic acids is 1. The molecule has 1 fully saturated rings. The van der Waals surface area contributed by atoms with Crippen LogP contribution in [-0.4, -0.2) is 35.1 Å². The minimum atomic E-state index is -4.67. The fraction of sp³-hybridized carbons (Fsp3) is 0.280. The number of hydrogen-bond donors (Lipinski definition) is 1. The van der Waals surface area contributed by atoms with E-state index in [1.54, 1.807) is 41.4 Å². The molecule has 1 unspecified atom stereocenters. The molecule has 172 valence electrons. The number of halogens is 3. The monoisotopic (exact) mass is 455 g/mol. The highest BCUT2D eigenvalue weighted by Gasteiger charge is 2.62. The number of pyridine rings is 1. The highest BCUT2D eigenvalue weighted by molar-refractivity contribution is 5.96. The summed E-state index contributed by atoms with van der Waals surface area (Å²) >= 11 is 0. The summed E-state index contributed by atoms with van der Waals surface area (Å²) in [6.45, 7) is 0.379. The van der Waals surface area contributed by atoms with Gasteiger partial charge in [0.2, 0.25) is 5.91 Å². The average Bonchev–Trinajstić information content (AvgIpc) is 3.25. The van der Waals surface area contributed by atoms with Crippen LogP contribution in [0.25, 0.3) is 0 Å². The average molecular weight is 455 g/mol. The van der Waals surface area contributed by atoms with E-state index in [4.69, 9.17) is 4.74 Å². The van der Waals surface area contributed by atoms with Gasteiger partial charge in [-0.1, -0.05) is 42.5 Å². The molecule has 1 N–H and O–H groups in total. The van der Waals surface area contributed by atoms with Crippen LogP contribution in [0.15, 0.2) is 79.0 Å². The van der Waals surface area contributed by atoms with Crippen LogP contribution in [0.3, 0.4) is 0 Å². The lowest BCUT2D eigenvalue weighted by atomic mass is 9.85. The Balaban J connectivity index is 1.45. The maximum absolute atomic E-state index is 14.1. The number of likely N-dealkylation sites (tertiary alicyclic amines) is 1. The summed E-state index contributed by atoms with van der Waals surface area (Å²) in [4.78, 5) is 18.8. The molecule has 8 heteroatoms. The summed E-state index contributed by atoms with van der Waals surface area (Å²) in [7, 11) is 0. The highest BCUT2D eigenvalue weighted by Crippen LogP contribution is 2.46. The molecular weight excluding hydrogens is 431 g/mol. The van der Waals surface area contributed by atoms with Crippen LogP contribution in [0.5, 0.6) is 5.75 Å². The Hall–Kier alpha value is -3.39. The molecule has 1 amide bonds. The molecule has 0 saturated carbocycles. The third-order valence-electron chi connectivity index (χ3n) is 5.78. The summed E-state index contributed by atoms with van der Waals surface area (Å²) in [5.41, 5.74) is -0.586. The smallest absolute Gasteiger partial charge is 0.404 e. The van der Waals surface area contributed by atoms with Gasteiger partial charge in [0.05, 0.1) is 5.69 Å². The van der Waals surface area contributed by atoms with E-state index in [-0.39, 0.29) is 31.8 Å². The molecule has 1 aliphatic heterocycles. The first-order chi connectivity index (χ1) is 15.9. The number of carbonyl (C=O) groups is 1. The van der Waals surface area contributed by atoms with E-state index in [0.717, 1.165) is 5.56 Å². The van der Waals surface area contributed by atoms with Gasteiger partial charge in [0.1, 0.15) is 12.4 Å². The number of aromatic nitrogens is 1. The summed E-state index contributed by atoms with van der Waals surface area (Å²) in [6.07, 6.45) is -3.31. The zero-order valence-corrected chi connectivity index (χ0v) is 17.9. The van der Waals surface area contributed by atoms with E-state index in [0.29, 0.717) is 18.0 Å². The number of alkyl halides is 3. The van der Waals surface area contributed by atoms with Crippen molar-refractivity contribution >= 4 is 11.6 Å². The summed E-state index contributed by atoms with van der Waals surface area (Å²) in [6, 6.07) is 21.1. The fourth-order valence-corrected chi connectivity index (χ4v) is 3.97. The first-order valence-corrected chi connectivity index (χ1v) is 10.6. The fourth-order valence-electron chi connectivity index (χ4n) is 3.97. The van der Waals surface area contributed by atoms with Crippen molar-refractivity contribution in [2.75, 3.05) is 18.4 Å². The van der Waals surface area contributed by atoms with Crippen molar-refractivity contribution < 1.29 is 22.7 Å². The molecule has 1 atom stereocenters. The van der Waals surface area contributed by atoms with Crippen LogP contribution in [-0.2, 0) is 17.9 Å². The lowest BCUT2D eigenvalue weighted by Crippen LogP contribution is -2.49. The van der Waals surface area contributed by atoms with Gasteiger partial charge >= 0.3 is 6.18 Å². The zero-order chi connectivity index (χ0) is 23.3. The van der Waals surface area contributed by atoms with Crippen molar-refractivity contribution in [3.8, 4) is 5.75 Å². The lowest BCUT2D eigenvalue weighted by molar-refractivity contribution is -0.215. The molecule has 4 rings (SSSR count). The Morgan fingerprint density at radius 3 is 2.58 bits per heavy atom. The van der Waals surface area contributed by atoms with Gasteiger partial charge < -0.3 is 10.1 Å². The maximum Gasteiger partial charge on any atom is 0.404 e. The zero-order valence-electron chi connectivity index (χ0n) is 17.9. The SMILES string of the molecule is O=C(Nc1cccc(OCc2ccccn2)c1)C1(C(F)(F)F)CCN(Cc2ccccc2)C1. The van der Waals surface area contributed by atoms with Crippen LogP contribution in [0.1, 0.15) is 17.7 Å². The van der Waals surface area contributed by atoms with Crippen LogP contribution >= 0.6 is 0 Å². The van der Waals surface area contributed by atoms with Crippen molar-refractivity contribution in [2.45, 2.75) is 25.7 Å². The van der Waals surface area contributed by atoms with Gasteiger partial charge in [0.25, 0.3) is 0 Å². The topological polar surface area (TPSA) is 54.5 Å². The number of anilines is 1. The quantitative estimate of drug-likeness (QED) is 0.542. The van der Waals surface area contributed by atoms with Crippen molar-refractivity contribution in [2.24, 2.45) is 5.41 Å². The molecular formula is C25H24F3N3O2. The third-order valence-corrected chi connectivity index (χ3v) is 5.78. The predicted octanol–water partition coefficient (Wildman–Crippen LogP) is 5.05. The first-order valence-electron chi connectivity index (χ1n) is 10.6. The van der Waals surface area contributed by atoms with Crippen LogP contribution in [0.4, 0.5) is 18.9 Å². The molecule has 2 aromatic carbocycles. The van der Waals surface area contributed by atoms with Gasteiger partial charge in [-0.15, -0.1) is 0 Å². The largest absolute Gasteiger partial charge is 0.487 e. The van der Waals surface area contributed by atoms with Gasteiger partial charge in [-0.25, -0.2) is 0 Å². The van der Waals surface area contributed by atoms with Crippen LogP contribution < -0.4 is 10.1 Å². The number of ether oxygens (including phenoxy) is 1. The standard InChI is InChI=1S/C25H24F3N3O2/c26-25(27,28)24(12-14-31(18-24)16-19-7-2-1-3-8-19)23(32)30-20-10-6-11-22(15-20)33-17-21-9-4-5-13-29-21/h1-11,13,15H,12,14,16-18H2,(H,30,32). The highest BCUT2D eigenvalue weighted by atomic mass is 19.4. The normalized spacial score (nSPS) is 18.8. The number of hydrogen-bond acceptors (Lipinski definition) is 4. The summed E-state index contributed by atoms with van der Waals surface area (Å²) < 4.78 is 48.1. The Labute approximate surface area is 190 Å². The number of rotatable bonds is 7. The molecule has 2 heterocycles. The van der Waals surface area contributed by atoms with Gasteiger partial charge in [-0.05, 0) is 42.8 Å². The second-order valence-electron chi connectivity index (χ2n) is 8.12. The molecule has 0 aliphatic carbocycles. The van der Waals surface area contributed by atoms with Crippen LogP contribution in [0.2, 0.25) is 0 Å². The Kier molecular flexibility index (Phi) is 6.65. The van der Waals surface area contributed by atoms with E-state index in [2.05, 4.69) is 10.3 Å². The summed E-state index contributed by atoms with van der Waals surface area (Å²) in [5.74, 6) is -0.621. The molecule has 5 nitrogen and oxygen atoms in total. The third kappa shape index (κ3) is 5.34. The first kappa shape index (κ1) is 22.8. The van der Waals surface area contributed by atoms with E-state index in [1.807, 2.05) is 36.4 Å². The van der Waals surface area contributed by atoms with Crippen molar-refractivity contribution in [3.63, 3.8) is 0 Å². The Morgan fingerprint density at radius 1 is 1.06 bits per heavy atom. The maximum atomic E-state index is 14.1. The molecule has 0 radical (unpaired) electrons. The Morgan fingerprint density at radius 2 is 1.85 bits per heavy atom.